The highest BCUT2D eigenvalue weighted by molar-refractivity contribution is 7.99. The van der Waals surface area contributed by atoms with Gasteiger partial charge in [0.05, 0.1) is 5.75 Å². The van der Waals surface area contributed by atoms with Crippen molar-refractivity contribution in [1.82, 2.24) is 0 Å². The van der Waals surface area contributed by atoms with Crippen LogP contribution in [0.25, 0.3) is 0 Å². The number of nitrogens with one attached hydrogen (secondary N) is 1. The summed E-state index contributed by atoms with van der Waals surface area (Å²) in [5, 5.41) is 11.2. The number of thioether (sulfide) groups is 1. The van der Waals surface area contributed by atoms with E-state index in [9.17, 15) is 9.59 Å². The molecule has 1 aromatic carbocycles. The van der Waals surface area contributed by atoms with Crippen LogP contribution in [-0.4, -0.2) is 22.7 Å². The van der Waals surface area contributed by atoms with Gasteiger partial charge in [0.2, 0.25) is 5.91 Å². The molecule has 0 saturated carbocycles. The highest BCUT2D eigenvalue weighted by atomic mass is 32.2. The van der Waals surface area contributed by atoms with Gasteiger partial charge in [0, 0.05) is 18.4 Å². The van der Waals surface area contributed by atoms with E-state index in [0.29, 0.717) is 5.75 Å². The van der Waals surface area contributed by atoms with E-state index < -0.39 is 5.97 Å². The molecule has 5 heteroatoms. The van der Waals surface area contributed by atoms with Crippen molar-refractivity contribution in [3.05, 3.63) is 29.8 Å². The Labute approximate surface area is 98.0 Å². The van der Waals surface area contributed by atoms with Crippen LogP contribution in [0.3, 0.4) is 0 Å². The first-order chi connectivity index (χ1) is 7.58. The lowest BCUT2D eigenvalue weighted by Gasteiger charge is -2.04. The van der Waals surface area contributed by atoms with Crippen molar-refractivity contribution >= 4 is 29.3 Å². The number of hydrogen-bond acceptors (Lipinski definition) is 3. The highest BCUT2D eigenvalue weighted by Crippen LogP contribution is 2.16. The Morgan fingerprint density at radius 3 is 2.81 bits per heavy atom. The summed E-state index contributed by atoms with van der Waals surface area (Å²) in [6.07, 6.45) is 0. The summed E-state index contributed by atoms with van der Waals surface area (Å²) < 4.78 is 0. The fourth-order valence-electron chi connectivity index (χ4n) is 1.20. The van der Waals surface area contributed by atoms with Gasteiger partial charge in [-0.3, -0.25) is 9.59 Å². The van der Waals surface area contributed by atoms with Gasteiger partial charge in [0.15, 0.2) is 0 Å². The van der Waals surface area contributed by atoms with Gasteiger partial charge < -0.3 is 10.4 Å². The van der Waals surface area contributed by atoms with Crippen LogP contribution in [-0.2, 0) is 15.3 Å². The van der Waals surface area contributed by atoms with Crippen LogP contribution >= 0.6 is 11.8 Å². The number of carboxylic acid groups (broad SMARTS) is 1. The standard InChI is InChI=1S/C11H13NO3S/c1-8(13)12-10-4-2-3-9(5-10)6-16-7-11(14)15/h2-5H,6-7H2,1H3,(H,12,13)(H,14,15). The summed E-state index contributed by atoms with van der Waals surface area (Å²) in [5.41, 5.74) is 1.73. The Morgan fingerprint density at radius 1 is 1.44 bits per heavy atom. The molecule has 0 radical (unpaired) electrons. The lowest BCUT2D eigenvalue weighted by molar-refractivity contribution is -0.133. The number of rotatable bonds is 5. The van der Waals surface area contributed by atoms with E-state index in [4.69, 9.17) is 5.11 Å². The second-order valence-electron chi connectivity index (χ2n) is 3.27. The minimum Gasteiger partial charge on any atom is -0.481 e. The Hall–Kier alpha value is -1.49. The number of anilines is 1. The van der Waals surface area contributed by atoms with Crippen molar-refractivity contribution in [2.75, 3.05) is 11.1 Å². The Kier molecular flexibility index (Phi) is 4.85. The van der Waals surface area contributed by atoms with Gasteiger partial charge in [-0.1, -0.05) is 12.1 Å². The predicted molar refractivity (Wildman–Crippen MR) is 64.5 cm³/mol. The average Bonchev–Trinajstić information content (AvgIpc) is 2.16. The average molecular weight is 239 g/mol. The minimum atomic E-state index is -0.817. The first-order valence-corrected chi connectivity index (χ1v) is 5.89. The molecule has 0 fully saturated rings. The largest absolute Gasteiger partial charge is 0.481 e. The molecule has 0 spiro atoms. The Morgan fingerprint density at radius 2 is 2.19 bits per heavy atom. The summed E-state index contributed by atoms with van der Waals surface area (Å²) >= 11 is 1.33. The normalized spacial score (nSPS) is 9.81. The molecule has 4 nitrogen and oxygen atoms in total. The second-order valence-corrected chi connectivity index (χ2v) is 4.25. The molecule has 0 saturated heterocycles. The number of benzene rings is 1. The quantitative estimate of drug-likeness (QED) is 0.824. The number of carbonyl (C=O) groups is 2. The van der Waals surface area contributed by atoms with Crippen LogP contribution in [0.4, 0.5) is 5.69 Å². The van der Waals surface area contributed by atoms with Crippen molar-refractivity contribution in [1.29, 1.82) is 0 Å². The van der Waals surface area contributed by atoms with Crippen LogP contribution in [0.1, 0.15) is 12.5 Å². The van der Waals surface area contributed by atoms with Gasteiger partial charge in [0.1, 0.15) is 0 Å². The van der Waals surface area contributed by atoms with Crippen LogP contribution in [0.15, 0.2) is 24.3 Å². The van der Waals surface area contributed by atoms with Crippen LogP contribution in [0, 0.1) is 0 Å². The van der Waals surface area contributed by atoms with Gasteiger partial charge in [-0.05, 0) is 17.7 Å². The molecule has 0 atom stereocenters. The molecule has 0 unspecified atom stereocenters. The van der Waals surface area contributed by atoms with Crippen LogP contribution in [0.5, 0.6) is 0 Å². The van der Waals surface area contributed by atoms with Gasteiger partial charge in [-0.15, -0.1) is 11.8 Å². The molecule has 86 valence electrons. The van der Waals surface area contributed by atoms with Gasteiger partial charge in [-0.25, -0.2) is 0 Å². The topological polar surface area (TPSA) is 66.4 Å². The molecule has 0 bridgehead atoms. The molecule has 0 aliphatic carbocycles. The van der Waals surface area contributed by atoms with E-state index in [-0.39, 0.29) is 11.7 Å². The molecule has 1 rings (SSSR count). The summed E-state index contributed by atoms with van der Waals surface area (Å²) in [7, 11) is 0. The molecule has 1 amide bonds. The van der Waals surface area contributed by atoms with Crippen LogP contribution in [0.2, 0.25) is 0 Å². The first-order valence-electron chi connectivity index (χ1n) is 4.74. The maximum Gasteiger partial charge on any atom is 0.313 e. The van der Waals surface area contributed by atoms with E-state index in [1.807, 2.05) is 18.2 Å². The number of aliphatic carboxylic acids is 1. The summed E-state index contributed by atoms with van der Waals surface area (Å²) in [6.45, 7) is 1.45. The first kappa shape index (κ1) is 12.6. The highest BCUT2D eigenvalue weighted by Gasteiger charge is 2.00. The van der Waals surface area contributed by atoms with Crippen molar-refractivity contribution < 1.29 is 14.7 Å². The van der Waals surface area contributed by atoms with Gasteiger partial charge in [0.25, 0.3) is 0 Å². The predicted octanol–water partition coefficient (Wildman–Crippen LogP) is 1.96. The molecule has 0 aliphatic heterocycles. The second kappa shape index (κ2) is 6.17. The molecule has 0 aliphatic rings. The third-order valence-corrected chi connectivity index (χ3v) is 2.73. The SMILES string of the molecule is CC(=O)Nc1cccc(CSCC(=O)O)c1. The number of carbonyl (C=O) groups excluding carboxylic acids is 1. The van der Waals surface area contributed by atoms with E-state index in [2.05, 4.69) is 5.32 Å². The monoisotopic (exact) mass is 239 g/mol. The Balaban J connectivity index is 2.53. The maximum atomic E-state index is 10.8. The summed E-state index contributed by atoms with van der Waals surface area (Å²) in [4.78, 5) is 21.2. The molecule has 2 N–H and O–H groups in total. The smallest absolute Gasteiger partial charge is 0.313 e. The van der Waals surface area contributed by atoms with E-state index in [0.717, 1.165) is 11.3 Å². The van der Waals surface area contributed by atoms with E-state index in [1.165, 1.54) is 18.7 Å². The lowest BCUT2D eigenvalue weighted by atomic mass is 10.2. The zero-order valence-electron chi connectivity index (χ0n) is 8.90. The number of carboxylic acids is 1. The maximum absolute atomic E-state index is 10.8. The van der Waals surface area contributed by atoms with Crippen molar-refractivity contribution in [2.45, 2.75) is 12.7 Å². The van der Waals surface area contributed by atoms with Crippen molar-refractivity contribution in [3.63, 3.8) is 0 Å². The van der Waals surface area contributed by atoms with Gasteiger partial charge in [-0.2, -0.15) is 0 Å². The third-order valence-electron chi connectivity index (χ3n) is 1.74. The Bertz CT molecular complexity index is 393. The van der Waals surface area contributed by atoms with Gasteiger partial charge >= 0.3 is 5.97 Å². The fraction of sp³-hybridized carbons (Fsp3) is 0.273. The molecule has 0 aromatic heterocycles. The zero-order chi connectivity index (χ0) is 12.0. The van der Waals surface area contributed by atoms with Crippen molar-refractivity contribution in [2.24, 2.45) is 0 Å². The summed E-state index contributed by atoms with van der Waals surface area (Å²) in [6, 6.07) is 7.38. The lowest BCUT2D eigenvalue weighted by Crippen LogP contribution is -2.05. The van der Waals surface area contributed by atoms with Crippen molar-refractivity contribution in [3.8, 4) is 0 Å². The third kappa shape index (κ3) is 4.84. The summed E-state index contributed by atoms with van der Waals surface area (Å²) in [5.74, 6) is -0.220. The van der Waals surface area contributed by atoms with E-state index in [1.54, 1.807) is 6.07 Å². The molecular weight excluding hydrogens is 226 g/mol. The van der Waals surface area contributed by atoms with Crippen LogP contribution < -0.4 is 5.32 Å². The minimum absolute atomic E-state index is 0.0877. The molecule has 16 heavy (non-hydrogen) atoms. The molecular formula is C11H13NO3S. The van der Waals surface area contributed by atoms with E-state index >= 15 is 0 Å². The number of hydrogen-bond donors (Lipinski definition) is 2. The fourth-order valence-corrected chi connectivity index (χ4v) is 1.89. The number of amides is 1. The zero-order valence-corrected chi connectivity index (χ0v) is 9.71. The molecule has 1 aromatic rings. The molecule has 0 heterocycles.